The maximum absolute atomic E-state index is 10.2. The molecular formula is C15H21N3O2. The van der Waals surface area contributed by atoms with Gasteiger partial charge in [-0.05, 0) is 24.6 Å². The summed E-state index contributed by atoms with van der Waals surface area (Å²) in [6.07, 6.45) is 3.26. The number of hydrogen-bond acceptors (Lipinski definition) is 4. The zero-order valence-electron chi connectivity index (χ0n) is 12.1. The van der Waals surface area contributed by atoms with E-state index in [1.807, 2.05) is 43.7 Å². The number of hydrogen-bond donors (Lipinski definition) is 2. The van der Waals surface area contributed by atoms with Gasteiger partial charge >= 0.3 is 0 Å². The van der Waals surface area contributed by atoms with Crippen LogP contribution >= 0.6 is 0 Å². The molecule has 1 heterocycles. The number of benzene rings is 1. The maximum Gasteiger partial charge on any atom is 0.118 e. The maximum atomic E-state index is 10.2. The first-order chi connectivity index (χ1) is 9.60. The molecule has 2 aromatic rings. The largest absolute Gasteiger partial charge is 0.497 e. The molecule has 20 heavy (non-hydrogen) atoms. The summed E-state index contributed by atoms with van der Waals surface area (Å²) in [6.45, 7) is 2.54. The van der Waals surface area contributed by atoms with Crippen molar-refractivity contribution in [3.8, 4) is 5.75 Å². The lowest BCUT2D eigenvalue weighted by Gasteiger charge is -2.16. The number of aryl methyl sites for hydroxylation is 1. The highest BCUT2D eigenvalue weighted by Crippen LogP contribution is 2.18. The summed E-state index contributed by atoms with van der Waals surface area (Å²) >= 11 is 0. The fraction of sp³-hybridized carbons (Fsp3) is 0.400. The Labute approximate surface area is 119 Å². The van der Waals surface area contributed by atoms with Crippen LogP contribution < -0.4 is 10.1 Å². The summed E-state index contributed by atoms with van der Waals surface area (Å²) in [5.41, 5.74) is 1.98. The van der Waals surface area contributed by atoms with Crippen LogP contribution in [0.1, 0.15) is 30.2 Å². The molecule has 2 atom stereocenters. The molecule has 5 heteroatoms. The number of aromatic nitrogens is 2. The summed E-state index contributed by atoms with van der Waals surface area (Å²) in [4.78, 5) is 0. The van der Waals surface area contributed by atoms with E-state index in [9.17, 15) is 5.11 Å². The average Bonchev–Trinajstić information content (AvgIpc) is 2.91. The minimum absolute atomic E-state index is 0.150. The van der Waals surface area contributed by atoms with Crippen LogP contribution in [0.3, 0.4) is 0 Å². The Morgan fingerprint density at radius 2 is 2.00 bits per heavy atom. The molecule has 1 aromatic carbocycles. The summed E-state index contributed by atoms with van der Waals surface area (Å²) in [5.74, 6) is 0.789. The summed E-state index contributed by atoms with van der Waals surface area (Å²) in [6, 6.07) is 7.60. The molecule has 1 aromatic heterocycles. The normalized spacial score (nSPS) is 14.0. The lowest BCUT2D eigenvalue weighted by molar-refractivity contribution is 0.170. The molecule has 0 aliphatic rings. The first-order valence-corrected chi connectivity index (χ1v) is 6.64. The number of ether oxygens (including phenoxy) is 1. The Kier molecular flexibility index (Phi) is 4.76. The van der Waals surface area contributed by atoms with Gasteiger partial charge in [0.1, 0.15) is 5.75 Å². The molecule has 0 spiro atoms. The van der Waals surface area contributed by atoms with Crippen LogP contribution in [0, 0.1) is 0 Å². The zero-order valence-corrected chi connectivity index (χ0v) is 12.1. The highest BCUT2D eigenvalue weighted by Gasteiger charge is 2.11. The number of nitrogens with one attached hydrogen (secondary N) is 1. The molecular weight excluding hydrogens is 254 g/mol. The van der Waals surface area contributed by atoms with Crippen molar-refractivity contribution >= 4 is 0 Å². The van der Waals surface area contributed by atoms with E-state index in [0.717, 1.165) is 16.9 Å². The molecule has 0 saturated heterocycles. The van der Waals surface area contributed by atoms with Crippen molar-refractivity contribution in [1.29, 1.82) is 0 Å². The molecule has 0 bridgehead atoms. The van der Waals surface area contributed by atoms with Gasteiger partial charge in [-0.2, -0.15) is 5.10 Å². The highest BCUT2D eigenvalue weighted by atomic mass is 16.5. The minimum Gasteiger partial charge on any atom is -0.497 e. The third kappa shape index (κ3) is 3.59. The second-order valence-corrected chi connectivity index (χ2v) is 4.87. The number of rotatable bonds is 6. The Bertz CT molecular complexity index is 536. The smallest absolute Gasteiger partial charge is 0.118 e. The minimum atomic E-state index is -0.542. The van der Waals surface area contributed by atoms with Gasteiger partial charge in [0.15, 0.2) is 0 Å². The Morgan fingerprint density at radius 1 is 1.30 bits per heavy atom. The fourth-order valence-corrected chi connectivity index (χ4v) is 2.01. The Hall–Kier alpha value is -1.85. The van der Waals surface area contributed by atoms with Gasteiger partial charge in [-0.1, -0.05) is 12.1 Å². The van der Waals surface area contributed by atoms with Crippen LogP contribution in [0.4, 0.5) is 0 Å². The number of nitrogens with zero attached hydrogens (tertiary/aromatic N) is 2. The van der Waals surface area contributed by atoms with Crippen molar-refractivity contribution < 1.29 is 9.84 Å². The summed E-state index contributed by atoms with van der Waals surface area (Å²) in [7, 11) is 3.52. The van der Waals surface area contributed by atoms with Crippen LogP contribution in [-0.4, -0.2) is 28.5 Å². The van der Waals surface area contributed by atoms with Gasteiger partial charge in [0.25, 0.3) is 0 Å². The molecule has 0 aliphatic heterocycles. The van der Waals surface area contributed by atoms with Gasteiger partial charge in [0.2, 0.25) is 0 Å². The second-order valence-electron chi connectivity index (χ2n) is 4.87. The number of aliphatic hydroxyl groups excluding tert-OH is 1. The average molecular weight is 275 g/mol. The van der Waals surface area contributed by atoms with Crippen molar-refractivity contribution in [2.45, 2.75) is 19.1 Å². The van der Waals surface area contributed by atoms with Gasteiger partial charge < -0.3 is 15.2 Å². The van der Waals surface area contributed by atoms with E-state index in [1.165, 1.54) is 0 Å². The Balaban J connectivity index is 1.89. The van der Waals surface area contributed by atoms with E-state index in [4.69, 9.17) is 4.74 Å². The SMILES string of the molecule is COc1ccc(C(O)CNC(C)c2cnn(C)c2)cc1. The first-order valence-electron chi connectivity index (χ1n) is 6.64. The second kappa shape index (κ2) is 6.54. The molecule has 2 unspecified atom stereocenters. The van der Waals surface area contributed by atoms with Crippen LogP contribution in [0.5, 0.6) is 5.75 Å². The van der Waals surface area contributed by atoms with E-state index in [2.05, 4.69) is 17.3 Å². The molecule has 0 aliphatic carbocycles. The van der Waals surface area contributed by atoms with Crippen molar-refractivity contribution in [3.05, 3.63) is 47.8 Å². The standard InChI is InChI=1S/C15H21N3O2/c1-11(13-8-17-18(2)10-13)16-9-15(19)12-4-6-14(20-3)7-5-12/h4-8,10-11,15-16,19H,9H2,1-3H3. The van der Waals surface area contributed by atoms with Gasteiger partial charge in [-0.15, -0.1) is 0 Å². The van der Waals surface area contributed by atoms with Gasteiger partial charge in [-0.3, -0.25) is 4.68 Å². The quantitative estimate of drug-likeness (QED) is 0.844. The molecule has 108 valence electrons. The van der Waals surface area contributed by atoms with Crippen molar-refractivity contribution in [1.82, 2.24) is 15.1 Å². The molecule has 0 amide bonds. The molecule has 0 saturated carbocycles. The Morgan fingerprint density at radius 3 is 2.55 bits per heavy atom. The van der Waals surface area contributed by atoms with Gasteiger partial charge in [-0.25, -0.2) is 0 Å². The first kappa shape index (κ1) is 14.6. The van der Waals surface area contributed by atoms with E-state index >= 15 is 0 Å². The van der Waals surface area contributed by atoms with Crippen LogP contribution in [0.15, 0.2) is 36.7 Å². The molecule has 0 fully saturated rings. The van der Waals surface area contributed by atoms with E-state index in [-0.39, 0.29) is 6.04 Å². The highest BCUT2D eigenvalue weighted by molar-refractivity contribution is 5.28. The monoisotopic (exact) mass is 275 g/mol. The third-order valence-electron chi connectivity index (χ3n) is 3.34. The molecule has 2 N–H and O–H groups in total. The topological polar surface area (TPSA) is 59.3 Å². The number of aliphatic hydroxyl groups is 1. The van der Waals surface area contributed by atoms with Crippen LogP contribution in [-0.2, 0) is 7.05 Å². The van der Waals surface area contributed by atoms with E-state index < -0.39 is 6.10 Å². The summed E-state index contributed by atoms with van der Waals surface area (Å²) < 4.78 is 6.87. The lowest BCUT2D eigenvalue weighted by atomic mass is 10.1. The zero-order chi connectivity index (χ0) is 14.5. The lowest BCUT2D eigenvalue weighted by Crippen LogP contribution is -2.24. The van der Waals surface area contributed by atoms with Crippen LogP contribution in [0.25, 0.3) is 0 Å². The van der Waals surface area contributed by atoms with Gasteiger partial charge in [0.05, 0.1) is 19.4 Å². The van der Waals surface area contributed by atoms with Gasteiger partial charge in [0, 0.05) is 31.4 Å². The van der Waals surface area contributed by atoms with E-state index in [0.29, 0.717) is 6.54 Å². The van der Waals surface area contributed by atoms with E-state index in [1.54, 1.807) is 11.8 Å². The molecule has 2 rings (SSSR count). The fourth-order valence-electron chi connectivity index (χ4n) is 2.01. The summed E-state index contributed by atoms with van der Waals surface area (Å²) in [5, 5.41) is 17.6. The van der Waals surface area contributed by atoms with Crippen molar-refractivity contribution in [2.75, 3.05) is 13.7 Å². The van der Waals surface area contributed by atoms with Crippen molar-refractivity contribution in [3.63, 3.8) is 0 Å². The van der Waals surface area contributed by atoms with Crippen LogP contribution in [0.2, 0.25) is 0 Å². The predicted octanol–water partition coefficient (Wildman–Crippen LogP) is 1.81. The number of methoxy groups -OCH3 is 1. The predicted molar refractivity (Wildman–Crippen MR) is 77.6 cm³/mol. The molecule has 5 nitrogen and oxygen atoms in total. The third-order valence-corrected chi connectivity index (χ3v) is 3.34. The van der Waals surface area contributed by atoms with Crippen molar-refractivity contribution in [2.24, 2.45) is 7.05 Å². The molecule has 0 radical (unpaired) electrons.